The summed E-state index contributed by atoms with van der Waals surface area (Å²) in [4.78, 5) is 0. The van der Waals surface area contributed by atoms with Crippen LogP contribution in [-0.4, -0.2) is 11.5 Å². The molecule has 2 atom stereocenters. The van der Waals surface area contributed by atoms with Crippen LogP contribution in [0.3, 0.4) is 0 Å². The normalized spacial score (nSPS) is 30.8. The van der Waals surface area contributed by atoms with Crippen LogP contribution in [0.25, 0.3) is 0 Å². The topological polar surface area (TPSA) is 46.2 Å². The first-order valence-corrected chi connectivity index (χ1v) is 4.41. The van der Waals surface area contributed by atoms with Crippen LogP contribution in [0, 0.1) is 0 Å². The summed E-state index contributed by atoms with van der Waals surface area (Å²) in [5, 5.41) is 9.76. The highest BCUT2D eigenvalue weighted by Crippen LogP contribution is 2.45. The van der Waals surface area contributed by atoms with Crippen LogP contribution in [-0.2, 0) is 5.60 Å². The minimum absolute atomic E-state index is 0.107. The Bertz CT molecular complexity index is 356. The minimum atomic E-state index is -2.79. The Labute approximate surface area is 80.4 Å². The third-order valence-corrected chi connectivity index (χ3v) is 2.72. The summed E-state index contributed by atoms with van der Waals surface area (Å²) in [6, 6.07) is 6.06. The zero-order valence-corrected chi connectivity index (χ0v) is 7.45. The molecule has 0 saturated carbocycles. The van der Waals surface area contributed by atoms with E-state index >= 15 is 0 Å². The summed E-state index contributed by atoms with van der Waals surface area (Å²) >= 11 is 0. The zero-order valence-electron chi connectivity index (χ0n) is 7.45. The average molecular weight is 199 g/mol. The number of aliphatic hydroxyl groups is 1. The second kappa shape index (κ2) is 3.00. The molecule has 3 N–H and O–H groups in total. The summed E-state index contributed by atoms with van der Waals surface area (Å²) in [6.45, 7) is 0. The van der Waals surface area contributed by atoms with Crippen LogP contribution in [0.2, 0.25) is 0 Å². The van der Waals surface area contributed by atoms with E-state index in [4.69, 9.17) is 5.73 Å². The molecule has 0 aliphatic heterocycles. The molecule has 1 aromatic carbocycles. The first-order chi connectivity index (χ1) is 6.55. The predicted octanol–water partition coefficient (Wildman–Crippen LogP) is 1.54. The second-order valence-electron chi connectivity index (χ2n) is 3.62. The lowest BCUT2D eigenvalue weighted by Crippen LogP contribution is -2.32. The number of hydrogen-bond donors (Lipinski definition) is 2. The largest absolute Gasteiger partial charge is 0.379 e. The van der Waals surface area contributed by atoms with Crippen LogP contribution in [0.4, 0.5) is 8.78 Å². The molecule has 2 unspecified atom stereocenters. The van der Waals surface area contributed by atoms with Gasteiger partial charge in [0, 0.05) is 12.5 Å². The minimum Gasteiger partial charge on any atom is -0.379 e. The number of rotatable bonds is 1. The quantitative estimate of drug-likeness (QED) is 0.720. The van der Waals surface area contributed by atoms with Crippen LogP contribution in [0.1, 0.15) is 23.6 Å². The van der Waals surface area contributed by atoms with Gasteiger partial charge in [-0.15, -0.1) is 0 Å². The van der Waals surface area contributed by atoms with E-state index in [9.17, 15) is 13.9 Å². The van der Waals surface area contributed by atoms with Gasteiger partial charge in [-0.1, -0.05) is 24.3 Å². The number of nitrogens with two attached hydrogens (primary N) is 1. The van der Waals surface area contributed by atoms with Gasteiger partial charge < -0.3 is 10.8 Å². The van der Waals surface area contributed by atoms with E-state index in [0.717, 1.165) is 0 Å². The highest BCUT2D eigenvalue weighted by Gasteiger charge is 2.47. The van der Waals surface area contributed by atoms with E-state index in [0.29, 0.717) is 5.56 Å². The van der Waals surface area contributed by atoms with Gasteiger partial charge in [-0.25, -0.2) is 8.78 Å². The van der Waals surface area contributed by atoms with Gasteiger partial charge in [-0.05, 0) is 11.1 Å². The maximum absolute atomic E-state index is 12.7. The fraction of sp³-hybridized carbons (Fsp3) is 0.400. The Hall–Kier alpha value is -1.00. The third-order valence-electron chi connectivity index (χ3n) is 2.72. The van der Waals surface area contributed by atoms with E-state index in [2.05, 4.69) is 0 Å². The molecule has 14 heavy (non-hydrogen) atoms. The van der Waals surface area contributed by atoms with E-state index < -0.39 is 18.1 Å². The van der Waals surface area contributed by atoms with Crippen molar-refractivity contribution in [3.8, 4) is 0 Å². The molecule has 0 amide bonds. The molecule has 0 bridgehead atoms. The molecule has 0 spiro atoms. The van der Waals surface area contributed by atoms with Gasteiger partial charge in [0.25, 0.3) is 6.43 Å². The molecule has 0 saturated heterocycles. The monoisotopic (exact) mass is 199 g/mol. The first kappa shape index (κ1) is 9.55. The van der Waals surface area contributed by atoms with Crippen molar-refractivity contribution in [3.05, 3.63) is 35.4 Å². The summed E-state index contributed by atoms with van der Waals surface area (Å²) in [5.41, 5.74) is 4.49. The van der Waals surface area contributed by atoms with Crippen molar-refractivity contribution in [3.63, 3.8) is 0 Å². The molecule has 0 heterocycles. The molecular formula is C10H11F2NO. The molecule has 0 fully saturated rings. The van der Waals surface area contributed by atoms with E-state index in [1.165, 1.54) is 6.07 Å². The van der Waals surface area contributed by atoms with Crippen molar-refractivity contribution in [2.75, 3.05) is 0 Å². The van der Waals surface area contributed by atoms with Crippen LogP contribution in [0.15, 0.2) is 24.3 Å². The fourth-order valence-corrected chi connectivity index (χ4v) is 1.98. The number of hydrogen-bond acceptors (Lipinski definition) is 2. The lowest BCUT2D eigenvalue weighted by molar-refractivity contribution is -0.103. The summed E-state index contributed by atoms with van der Waals surface area (Å²) in [5.74, 6) is 0. The van der Waals surface area contributed by atoms with Gasteiger partial charge in [-0.3, -0.25) is 0 Å². The molecular weight excluding hydrogens is 188 g/mol. The molecule has 2 nitrogen and oxygen atoms in total. The van der Waals surface area contributed by atoms with E-state index in [1.54, 1.807) is 18.2 Å². The van der Waals surface area contributed by atoms with Crippen molar-refractivity contribution in [2.45, 2.75) is 24.5 Å². The highest BCUT2D eigenvalue weighted by molar-refractivity contribution is 5.40. The Kier molecular flexibility index (Phi) is 2.05. The lowest BCUT2D eigenvalue weighted by Gasteiger charge is -2.22. The van der Waals surface area contributed by atoms with Crippen molar-refractivity contribution < 1.29 is 13.9 Å². The number of fused-ring (bicyclic) bond motifs is 1. The summed E-state index contributed by atoms with van der Waals surface area (Å²) in [6.07, 6.45) is -2.90. The van der Waals surface area contributed by atoms with Crippen LogP contribution < -0.4 is 5.73 Å². The van der Waals surface area contributed by atoms with Crippen molar-refractivity contribution in [1.29, 1.82) is 0 Å². The molecule has 0 aromatic heterocycles. The zero-order chi connectivity index (χ0) is 10.3. The predicted molar refractivity (Wildman–Crippen MR) is 47.9 cm³/mol. The maximum atomic E-state index is 12.7. The van der Waals surface area contributed by atoms with Crippen molar-refractivity contribution in [2.24, 2.45) is 5.73 Å². The second-order valence-corrected chi connectivity index (χ2v) is 3.62. The third kappa shape index (κ3) is 1.14. The number of halogens is 2. The van der Waals surface area contributed by atoms with E-state index in [1.807, 2.05) is 0 Å². The first-order valence-electron chi connectivity index (χ1n) is 4.41. The molecule has 1 aliphatic carbocycles. The Balaban J connectivity index is 2.54. The standard InChI is InChI=1S/C10H11F2NO/c11-9(12)10(14)5-8(13)6-3-1-2-4-7(6)10/h1-4,8-9,14H,5,13H2. The van der Waals surface area contributed by atoms with Gasteiger partial charge in [0.1, 0.15) is 0 Å². The number of alkyl halides is 2. The van der Waals surface area contributed by atoms with E-state index in [-0.39, 0.29) is 12.0 Å². The molecule has 1 aromatic rings. The van der Waals surface area contributed by atoms with Gasteiger partial charge in [-0.2, -0.15) is 0 Å². The summed E-state index contributed by atoms with van der Waals surface area (Å²) < 4.78 is 25.3. The van der Waals surface area contributed by atoms with Crippen molar-refractivity contribution in [1.82, 2.24) is 0 Å². The molecule has 76 valence electrons. The molecule has 0 radical (unpaired) electrons. The maximum Gasteiger partial charge on any atom is 0.271 e. The molecule has 4 heteroatoms. The Morgan fingerprint density at radius 3 is 2.71 bits per heavy atom. The summed E-state index contributed by atoms with van der Waals surface area (Å²) in [7, 11) is 0. The van der Waals surface area contributed by atoms with Gasteiger partial charge in [0.05, 0.1) is 0 Å². The molecule has 1 aliphatic rings. The Morgan fingerprint density at radius 2 is 2.07 bits per heavy atom. The average Bonchev–Trinajstić information content (AvgIpc) is 2.42. The SMILES string of the molecule is NC1CC(O)(C(F)F)c2ccccc21. The Morgan fingerprint density at radius 1 is 1.43 bits per heavy atom. The smallest absolute Gasteiger partial charge is 0.271 e. The van der Waals surface area contributed by atoms with Gasteiger partial charge in [0.15, 0.2) is 5.60 Å². The van der Waals surface area contributed by atoms with Crippen LogP contribution in [0.5, 0.6) is 0 Å². The highest BCUT2D eigenvalue weighted by atomic mass is 19.3. The fourth-order valence-electron chi connectivity index (χ4n) is 1.98. The number of benzene rings is 1. The van der Waals surface area contributed by atoms with Crippen molar-refractivity contribution >= 4 is 0 Å². The van der Waals surface area contributed by atoms with Crippen LogP contribution >= 0.6 is 0 Å². The van der Waals surface area contributed by atoms with Gasteiger partial charge in [0.2, 0.25) is 0 Å². The molecule has 2 rings (SSSR count). The van der Waals surface area contributed by atoms with Gasteiger partial charge >= 0.3 is 0 Å². The lowest BCUT2D eigenvalue weighted by atomic mass is 9.97.